The first-order valence-electron chi connectivity index (χ1n) is 5.40. The summed E-state index contributed by atoms with van der Waals surface area (Å²) in [5.74, 6) is -0.0220. The van der Waals surface area contributed by atoms with Crippen molar-refractivity contribution in [1.29, 1.82) is 0 Å². The van der Waals surface area contributed by atoms with Gasteiger partial charge in [-0.15, -0.1) is 0 Å². The van der Waals surface area contributed by atoms with Crippen molar-refractivity contribution >= 4 is 17.3 Å². The van der Waals surface area contributed by atoms with Gasteiger partial charge in [-0.25, -0.2) is 0 Å². The van der Waals surface area contributed by atoms with Crippen LogP contribution in [0.15, 0.2) is 12.1 Å². The van der Waals surface area contributed by atoms with Crippen molar-refractivity contribution in [2.45, 2.75) is 19.9 Å². The van der Waals surface area contributed by atoms with Gasteiger partial charge in [-0.3, -0.25) is 4.79 Å². The Hall–Kier alpha value is -1.55. The second-order valence-corrected chi connectivity index (χ2v) is 4.25. The van der Waals surface area contributed by atoms with E-state index in [1.165, 1.54) is 5.56 Å². The summed E-state index contributed by atoms with van der Waals surface area (Å²) in [7, 11) is 1.91. The Kier molecular flexibility index (Phi) is 2.59. The van der Waals surface area contributed by atoms with E-state index in [2.05, 4.69) is 11.4 Å². The molecule has 4 heteroatoms. The number of aryl methyl sites for hydroxylation is 1. The van der Waals surface area contributed by atoms with Gasteiger partial charge in [-0.05, 0) is 31.0 Å². The fraction of sp³-hybridized carbons (Fsp3) is 0.417. The molecule has 1 aliphatic rings. The van der Waals surface area contributed by atoms with Gasteiger partial charge in [-0.1, -0.05) is 6.07 Å². The summed E-state index contributed by atoms with van der Waals surface area (Å²) in [6.45, 7) is 4.39. The van der Waals surface area contributed by atoms with Crippen LogP contribution < -0.4 is 16.0 Å². The number of hydrogen-bond acceptors (Lipinski definition) is 3. The highest BCUT2D eigenvalue weighted by Gasteiger charge is 2.30. The van der Waals surface area contributed by atoms with E-state index in [0.717, 1.165) is 16.9 Å². The zero-order valence-corrected chi connectivity index (χ0v) is 9.87. The summed E-state index contributed by atoms with van der Waals surface area (Å²) in [5.41, 5.74) is 9.86. The summed E-state index contributed by atoms with van der Waals surface area (Å²) in [6.07, 6.45) is 0. The van der Waals surface area contributed by atoms with Gasteiger partial charge in [0.2, 0.25) is 5.91 Å². The number of carbonyl (C=O) groups excluding carboxylic acids is 1. The molecular weight excluding hydrogens is 202 g/mol. The molecule has 1 amide bonds. The minimum Gasteiger partial charge on any atom is -0.360 e. The second kappa shape index (κ2) is 3.79. The summed E-state index contributed by atoms with van der Waals surface area (Å²) in [4.78, 5) is 13.8. The Morgan fingerprint density at radius 3 is 2.75 bits per heavy atom. The van der Waals surface area contributed by atoms with E-state index in [0.29, 0.717) is 6.54 Å². The number of fused-ring (bicyclic) bond motifs is 1. The average Bonchev–Trinajstić information content (AvgIpc) is 2.25. The van der Waals surface area contributed by atoms with Crippen LogP contribution >= 0.6 is 0 Å². The highest BCUT2D eigenvalue weighted by Crippen LogP contribution is 2.34. The number of nitrogens with zero attached hydrogens (tertiary/aromatic N) is 1. The average molecular weight is 219 g/mol. The fourth-order valence-electron chi connectivity index (χ4n) is 2.07. The first kappa shape index (κ1) is 11.0. The summed E-state index contributed by atoms with van der Waals surface area (Å²) in [5, 5.41) is 2.94. The molecule has 1 aromatic carbocycles. The maximum atomic E-state index is 11.8. The number of likely N-dealkylation sites (N-methyl/N-ethyl adjacent to an activating group) is 1. The molecule has 0 bridgehead atoms. The molecule has 86 valence electrons. The number of hydrogen-bond donors (Lipinski definition) is 2. The second-order valence-electron chi connectivity index (χ2n) is 4.25. The van der Waals surface area contributed by atoms with Crippen LogP contribution in [-0.2, 0) is 4.79 Å². The van der Waals surface area contributed by atoms with Gasteiger partial charge in [0.15, 0.2) is 0 Å². The third-order valence-electron chi connectivity index (χ3n) is 3.34. The van der Waals surface area contributed by atoms with Gasteiger partial charge in [0.1, 0.15) is 6.04 Å². The molecule has 16 heavy (non-hydrogen) atoms. The van der Waals surface area contributed by atoms with Crippen molar-refractivity contribution in [2.24, 2.45) is 5.73 Å². The van der Waals surface area contributed by atoms with Crippen LogP contribution in [0.2, 0.25) is 0 Å². The first-order valence-corrected chi connectivity index (χ1v) is 5.40. The molecular formula is C12H17N3O. The quantitative estimate of drug-likeness (QED) is 0.741. The molecule has 0 radical (unpaired) electrons. The van der Waals surface area contributed by atoms with Crippen LogP contribution in [0.1, 0.15) is 11.1 Å². The minimum absolute atomic E-state index is 0.0220. The zero-order chi connectivity index (χ0) is 11.9. The molecule has 0 aromatic heterocycles. The lowest BCUT2D eigenvalue weighted by Crippen LogP contribution is -2.50. The van der Waals surface area contributed by atoms with Crippen LogP contribution in [0.5, 0.6) is 0 Å². The normalized spacial score (nSPS) is 19.4. The molecule has 0 fully saturated rings. The van der Waals surface area contributed by atoms with Crippen LogP contribution in [0.3, 0.4) is 0 Å². The van der Waals surface area contributed by atoms with E-state index in [4.69, 9.17) is 5.73 Å². The van der Waals surface area contributed by atoms with Crippen molar-refractivity contribution in [3.63, 3.8) is 0 Å². The van der Waals surface area contributed by atoms with Gasteiger partial charge in [0, 0.05) is 13.6 Å². The molecule has 0 spiro atoms. The van der Waals surface area contributed by atoms with Gasteiger partial charge in [0.25, 0.3) is 0 Å². The Balaban J connectivity index is 2.54. The topological polar surface area (TPSA) is 58.4 Å². The van der Waals surface area contributed by atoms with E-state index in [-0.39, 0.29) is 11.9 Å². The molecule has 1 heterocycles. The van der Waals surface area contributed by atoms with E-state index < -0.39 is 0 Å². The van der Waals surface area contributed by atoms with Crippen molar-refractivity contribution in [2.75, 3.05) is 23.8 Å². The Morgan fingerprint density at radius 1 is 1.44 bits per heavy atom. The van der Waals surface area contributed by atoms with E-state index in [1.807, 2.05) is 31.9 Å². The summed E-state index contributed by atoms with van der Waals surface area (Å²) >= 11 is 0. The fourth-order valence-corrected chi connectivity index (χ4v) is 2.07. The van der Waals surface area contributed by atoms with E-state index in [1.54, 1.807) is 0 Å². The number of nitrogens with two attached hydrogens (primary N) is 1. The number of benzene rings is 1. The maximum absolute atomic E-state index is 11.8. The molecule has 4 nitrogen and oxygen atoms in total. The van der Waals surface area contributed by atoms with E-state index in [9.17, 15) is 4.79 Å². The van der Waals surface area contributed by atoms with Crippen LogP contribution in [0.4, 0.5) is 11.4 Å². The lowest BCUT2D eigenvalue weighted by molar-refractivity contribution is -0.117. The number of rotatable bonds is 1. The van der Waals surface area contributed by atoms with Gasteiger partial charge in [0.05, 0.1) is 11.4 Å². The number of carbonyl (C=O) groups is 1. The predicted molar refractivity (Wildman–Crippen MR) is 65.8 cm³/mol. The number of nitrogens with one attached hydrogen (secondary N) is 1. The Bertz CT molecular complexity index is 442. The summed E-state index contributed by atoms with van der Waals surface area (Å²) < 4.78 is 0. The van der Waals surface area contributed by atoms with Crippen molar-refractivity contribution in [1.82, 2.24) is 0 Å². The van der Waals surface area contributed by atoms with Crippen molar-refractivity contribution < 1.29 is 4.79 Å². The standard InChI is InChI=1S/C12H17N3O/c1-7-4-5-9-11(8(7)2)14-12(16)10(6-13)15(9)3/h4-5,10H,6,13H2,1-3H3,(H,14,16). The zero-order valence-electron chi connectivity index (χ0n) is 9.87. The third kappa shape index (κ3) is 1.46. The summed E-state index contributed by atoms with van der Waals surface area (Å²) in [6, 6.07) is 3.82. The molecule has 1 atom stereocenters. The highest BCUT2D eigenvalue weighted by atomic mass is 16.2. The first-order chi connectivity index (χ1) is 7.56. The van der Waals surface area contributed by atoms with Gasteiger partial charge in [-0.2, -0.15) is 0 Å². The highest BCUT2D eigenvalue weighted by molar-refractivity contribution is 6.04. The van der Waals surface area contributed by atoms with Crippen LogP contribution in [-0.4, -0.2) is 25.5 Å². The smallest absolute Gasteiger partial charge is 0.248 e. The largest absolute Gasteiger partial charge is 0.360 e. The molecule has 0 saturated heterocycles. The molecule has 0 aliphatic carbocycles. The Labute approximate surface area is 95.4 Å². The lowest BCUT2D eigenvalue weighted by atomic mass is 10.0. The van der Waals surface area contributed by atoms with Gasteiger partial charge < -0.3 is 16.0 Å². The third-order valence-corrected chi connectivity index (χ3v) is 3.34. The van der Waals surface area contributed by atoms with Crippen LogP contribution in [0, 0.1) is 13.8 Å². The SMILES string of the molecule is Cc1ccc2c(c1C)NC(=O)C(CN)N2C. The molecule has 1 aliphatic heterocycles. The predicted octanol–water partition coefficient (Wildman–Crippen LogP) is 1.02. The lowest BCUT2D eigenvalue weighted by Gasteiger charge is -2.35. The molecule has 3 N–H and O–H groups in total. The van der Waals surface area contributed by atoms with Crippen molar-refractivity contribution in [3.05, 3.63) is 23.3 Å². The van der Waals surface area contributed by atoms with Crippen molar-refractivity contribution in [3.8, 4) is 0 Å². The van der Waals surface area contributed by atoms with Gasteiger partial charge >= 0.3 is 0 Å². The monoisotopic (exact) mass is 219 g/mol. The molecule has 2 rings (SSSR count). The number of anilines is 2. The van der Waals surface area contributed by atoms with E-state index >= 15 is 0 Å². The molecule has 1 unspecified atom stereocenters. The number of amides is 1. The minimum atomic E-state index is -0.269. The molecule has 1 aromatic rings. The Morgan fingerprint density at radius 2 is 2.12 bits per heavy atom. The van der Waals surface area contributed by atoms with Crippen LogP contribution in [0.25, 0.3) is 0 Å². The maximum Gasteiger partial charge on any atom is 0.248 e. The molecule has 0 saturated carbocycles.